The van der Waals surface area contributed by atoms with E-state index in [1.54, 1.807) is 60.7 Å². The van der Waals surface area contributed by atoms with Crippen LogP contribution in [0.1, 0.15) is 5.56 Å². The number of halogens is 2. The molecular formula is C20H14Cl2N2O3S. The summed E-state index contributed by atoms with van der Waals surface area (Å²) in [6.07, 6.45) is 0. The Hall–Kier alpha value is -2.54. The van der Waals surface area contributed by atoms with Crippen molar-refractivity contribution >= 4 is 50.0 Å². The Kier molecular flexibility index (Phi) is 4.79. The number of nitrogens with one attached hydrogen (secondary N) is 1. The van der Waals surface area contributed by atoms with Gasteiger partial charge in [0.2, 0.25) is 5.89 Å². The molecule has 0 saturated heterocycles. The molecule has 4 aromatic rings. The molecule has 142 valence electrons. The van der Waals surface area contributed by atoms with E-state index in [0.717, 1.165) is 5.56 Å². The van der Waals surface area contributed by atoms with Crippen molar-refractivity contribution in [1.29, 1.82) is 0 Å². The lowest BCUT2D eigenvalue weighted by Crippen LogP contribution is -2.12. The van der Waals surface area contributed by atoms with Crippen molar-refractivity contribution in [2.45, 2.75) is 11.8 Å². The molecule has 0 spiro atoms. The summed E-state index contributed by atoms with van der Waals surface area (Å²) in [4.78, 5) is 4.61. The van der Waals surface area contributed by atoms with Crippen molar-refractivity contribution in [2.24, 2.45) is 0 Å². The van der Waals surface area contributed by atoms with Gasteiger partial charge in [0.05, 0.1) is 21.2 Å². The Balaban J connectivity index is 1.67. The van der Waals surface area contributed by atoms with Crippen molar-refractivity contribution in [3.05, 3.63) is 76.3 Å². The fourth-order valence-corrected chi connectivity index (χ4v) is 4.24. The number of anilines is 1. The summed E-state index contributed by atoms with van der Waals surface area (Å²) < 4.78 is 33.4. The van der Waals surface area contributed by atoms with Crippen LogP contribution in [0.5, 0.6) is 0 Å². The number of hydrogen-bond donors (Lipinski definition) is 1. The first kappa shape index (κ1) is 18.8. The second-order valence-electron chi connectivity index (χ2n) is 6.24. The summed E-state index contributed by atoms with van der Waals surface area (Å²) in [5.74, 6) is 0.329. The minimum absolute atomic E-state index is 0.187. The van der Waals surface area contributed by atoms with E-state index < -0.39 is 10.0 Å². The fourth-order valence-electron chi connectivity index (χ4n) is 2.70. The van der Waals surface area contributed by atoms with Gasteiger partial charge >= 0.3 is 0 Å². The molecule has 0 aliphatic heterocycles. The van der Waals surface area contributed by atoms with Gasteiger partial charge in [0.15, 0.2) is 5.58 Å². The maximum Gasteiger partial charge on any atom is 0.261 e. The first-order valence-corrected chi connectivity index (χ1v) is 10.5. The lowest BCUT2D eigenvalue weighted by atomic mass is 10.2. The second-order valence-corrected chi connectivity index (χ2v) is 8.77. The molecule has 4 rings (SSSR count). The molecule has 1 aromatic heterocycles. The number of hydrogen-bond acceptors (Lipinski definition) is 4. The zero-order valence-corrected chi connectivity index (χ0v) is 16.9. The minimum Gasteiger partial charge on any atom is -0.436 e. The minimum atomic E-state index is -3.70. The van der Waals surface area contributed by atoms with Gasteiger partial charge in [-0.05, 0) is 55.5 Å². The van der Waals surface area contributed by atoms with Crippen molar-refractivity contribution in [1.82, 2.24) is 4.98 Å². The summed E-state index contributed by atoms with van der Waals surface area (Å²) in [6.45, 7) is 1.90. The van der Waals surface area contributed by atoms with Crippen LogP contribution in [0.2, 0.25) is 10.0 Å². The third kappa shape index (κ3) is 3.71. The topological polar surface area (TPSA) is 72.2 Å². The Morgan fingerprint density at radius 3 is 2.43 bits per heavy atom. The highest BCUT2D eigenvalue weighted by atomic mass is 35.5. The summed E-state index contributed by atoms with van der Waals surface area (Å²) in [5, 5.41) is 0.928. The van der Waals surface area contributed by atoms with Crippen molar-refractivity contribution in [3.63, 3.8) is 0 Å². The molecule has 0 atom stereocenters. The highest BCUT2D eigenvalue weighted by molar-refractivity contribution is 7.92. The predicted molar refractivity (Wildman–Crippen MR) is 111 cm³/mol. The van der Waals surface area contributed by atoms with Gasteiger partial charge in [-0.1, -0.05) is 40.9 Å². The number of sulfonamides is 1. The van der Waals surface area contributed by atoms with Crippen LogP contribution in [-0.2, 0) is 10.0 Å². The second kappa shape index (κ2) is 7.13. The fraction of sp³-hybridized carbons (Fsp3) is 0.0500. The smallest absolute Gasteiger partial charge is 0.261 e. The molecule has 0 radical (unpaired) electrons. The van der Waals surface area contributed by atoms with Gasteiger partial charge in [-0.15, -0.1) is 0 Å². The third-order valence-electron chi connectivity index (χ3n) is 4.13. The normalized spacial score (nSPS) is 11.7. The van der Waals surface area contributed by atoms with Gasteiger partial charge in [0.1, 0.15) is 5.52 Å². The molecule has 0 bridgehead atoms. The van der Waals surface area contributed by atoms with E-state index in [1.807, 2.05) is 6.92 Å². The van der Waals surface area contributed by atoms with Crippen molar-refractivity contribution < 1.29 is 12.8 Å². The molecule has 0 aliphatic rings. The van der Waals surface area contributed by atoms with Gasteiger partial charge in [0.25, 0.3) is 10.0 Å². The number of benzene rings is 3. The number of nitrogens with zero attached hydrogens (tertiary/aromatic N) is 1. The van der Waals surface area contributed by atoms with Crippen LogP contribution in [0.15, 0.2) is 70.0 Å². The predicted octanol–water partition coefficient (Wildman–Crippen LogP) is 5.91. The Morgan fingerprint density at radius 1 is 0.964 bits per heavy atom. The van der Waals surface area contributed by atoms with Crippen LogP contribution in [0, 0.1) is 6.92 Å². The van der Waals surface area contributed by atoms with E-state index in [4.69, 9.17) is 27.6 Å². The van der Waals surface area contributed by atoms with Crippen molar-refractivity contribution in [2.75, 3.05) is 4.72 Å². The highest BCUT2D eigenvalue weighted by Gasteiger charge is 2.16. The lowest BCUT2D eigenvalue weighted by Gasteiger charge is -2.08. The monoisotopic (exact) mass is 432 g/mol. The van der Waals surface area contributed by atoms with Gasteiger partial charge in [-0.3, -0.25) is 4.72 Å². The third-order valence-corrected chi connectivity index (χ3v) is 6.08. The molecule has 0 aliphatic carbocycles. The average molecular weight is 433 g/mol. The number of oxazole rings is 1. The summed E-state index contributed by atoms with van der Waals surface area (Å²) >= 11 is 12.1. The maximum atomic E-state index is 12.6. The molecule has 1 heterocycles. The number of fused-ring (bicyclic) bond motifs is 1. The molecular weight excluding hydrogens is 419 g/mol. The Labute approximate surface area is 172 Å². The first-order chi connectivity index (χ1) is 13.3. The van der Waals surface area contributed by atoms with E-state index in [-0.39, 0.29) is 4.90 Å². The zero-order chi connectivity index (χ0) is 19.9. The number of rotatable bonds is 4. The molecule has 0 fully saturated rings. The summed E-state index contributed by atoms with van der Waals surface area (Å²) in [5.41, 5.74) is 2.99. The van der Waals surface area contributed by atoms with Crippen LogP contribution < -0.4 is 4.72 Å². The standard InChI is InChI=1S/C20H14Cl2N2O3S/c1-12-2-6-15(7-3-12)28(25,26)24-14-5-9-19-18(11-14)23-20(27-19)16-8-4-13(21)10-17(16)22/h2-11,24H,1H3. The molecule has 0 saturated carbocycles. The Bertz CT molecular complexity index is 1280. The maximum absolute atomic E-state index is 12.6. The van der Waals surface area contributed by atoms with Crippen molar-refractivity contribution in [3.8, 4) is 11.5 Å². The Morgan fingerprint density at radius 2 is 1.71 bits per heavy atom. The molecule has 1 N–H and O–H groups in total. The zero-order valence-electron chi connectivity index (χ0n) is 14.6. The van der Waals surface area contributed by atoms with Gasteiger partial charge < -0.3 is 4.42 Å². The van der Waals surface area contributed by atoms with E-state index in [2.05, 4.69) is 9.71 Å². The largest absolute Gasteiger partial charge is 0.436 e. The molecule has 5 nitrogen and oxygen atoms in total. The molecule has 3 aromatic carbocycles. The molecule has 8 heteroatoms. The van der Waals surface area contributed by atoms with E-state index in [9.17, 15) is 8.42 Å². The van der Waals surface area contributed by atoms with E-state index in [1.165, 1.54) is 0 Å². The van der Waals surface area contributed by atoms with Crippen LogP contribution in [0.4, 0.5) is 5.69 Å². The average Bonchev–Trinajstić information content (AvgIpc) is 3.04. The number of aryl methyl sites for hydroxylation is 1. The summed E-state index contributed by atoms with van der Waals surface area (Å²) in [6, 6.07) is 16.5. The van der Waals surface area contributed by atoms with Crippen LogP contribution in [0.3, 0.4) is 0 Å². The van der Waals surface area contributed by atoms with E-state index >= 15 is 0 Å². The van der Waals surface area contributed by atoms with Crippen LogP contribution >= 0.6 is 23.2 Å². The highest BCUT2D eigenvalue weighted by Crippen LogP contribution is 2.32. The first-order valence-electron chi connectivity index (χ1n) is 8.27. The van der Waals surface area contributed by atoms with E-state index in [0.29, 0.717) is 38.3 Å². The lowest BCUT2D eigenvalue weighted by molar-refractivity contribution is 0.601. The van der Waals surface area contributed by atoms with Gasteiger partial charge in [-0.2, -0.15) is 0 Å². The SMILES string of the molecule is Cc1ccc(S(=O)(=O)Nc2ccc3oc(-c4ccc(Cl)cc4Cl)nc3c2)cc1. The van der Waals surface area contributed by atoms with Crippen LogP contribution in [-0.4, -0.2) is 13.4 Å². The molecule has 28 heavy (non-hydrogen) atoms. The van der Waals surface area contributed by atoms with Gasteiger partial charge in [0, 0.05) is 5.02 Å². The quantitative estimate of drug-likeness (QED) is 0.434. The summed E-state index contributed by atoms with van der Waals surface area (Å²) in [7, 11) is -3.70. The van der Waals surface area contributed by atoms with Gasteiger partial charge in [-0.25, -0.2) is 13.4 Å². The molecule has 0 unspecified atom stereocenters. The number of aromatic nitrogens is 1. The van der Waals surface area contributed by atoms with Crippen LogP contribution in [0.25, 0.3) is 22.6 Å². The molecule has 0 amide bonds.